The number of amides is 1. The molecule has 0 saturated heterocycles. The maximum absolute atomic E-state index is 11.1. The van der Waals surface area contributed by atoms with Gasteiger partial charge in [0.15, 0.2) is 0 Å². The van der Waals surface area contributed by atoms with Gasteiger partial charge >= 0.3 is 0 Å². The van der Waals surface area contributed by atoms with E-state index in [1.165, 1.54) is 0 Å². The Morgan fingerprint density at radius 2 is 2.38 bits per heavy atom. The Morgan fingerprint density at radius 1 is 1.62 bits per heavy atom. The molecule has 1 heterocycles. The first kappa shape index (κ1) is 9.70. The summed E-state index contributed by atoms with van der Waals surface area (Å²) < 4.78 is 1.55. The second kappa shape index (κ2) is 4.59. The summed E-state index contributed by atoms with van der Waals surface area (Å²) in [6, 6.07) is 0. The van der Waals surface area contributed by atoms with Crippen LogP contribution in [0.2, 0.25) is 0 Å². The third-order valence-corrected chi connectivity index (χ3v) is 1.63. The number of aromatic nitrogens is 3. The number of likely N-dealkylation sites (N-methyl/N-ethyl adjacent to an activating group) is 1. The molecule has 0 atom stereocenters. The van der Waals surface area contributed by atoms with Crippen molar-refractivity contribution in [2.45, 2.75) is 26.8 Å². The molecule has 5 nitrogen and oxygen atoms in total. The molecule has 0 aromatic carbocycles. The van der Waals surface area contributed by atoms with Gasteiger partial charge in [-0.15, -0.1) is 5.10 Å². The van der Waals surface area contributed by atoms with Crippen LogP contribution in [0.3, 0.4) is 0 Å². The van der Waals surface area contributed by atoms with Gasteiger partial charge in [-0.3, -0.25) is 4.79 Å². The summed E-state index contributed by atoms with van der Waals surface area (Å²) in [4.78, 5) is 11.1. The summed E-state index contributed by atoms with van der Waals surface area (Å²) in [6.45, 7) is 4.78. The smallest absolute Gasteiger partial charge is 0.241 e. The highest BCUT2D eigenvalue weighted by molar-refractivity contribution is 5.75. The molecule has 0 saturated carbocycles. The molecule has 72 valence electrons. The van der Waals surface area contributed by atoms with Crippen LogP contribution >= 0.6 is 0 Å². The maximum Gasteiger partial charge on any atom is 0.241 e. The highest BCUT2D eigenvalue weighted by Crippen LogP contribution is 1.92. The van der Waals surface area contributed by atoms with Crippen molar-refractivity contribution >= 4 is 5.91 Å². The minimum Gasteiger partial charge on any atom is -0.355 e. The van der Waals surface area contributed by atoms with Crippen LogP contribution in [0.25, 0.3) is 0 Å². The van der Waals surface area contributed by atoms with E-state index in [2.05, 4.69) is 15.6 Å². The van der Waals surface area contributed by atoms with Gasteiger partial charge < -0.3 is 5.32 Å². The predicted molar refractivity (Wildman–Crippen MR) is 48.1 cm³/mol. The highest BCUT2D eigenvalue weighted by atomic mass is 16.2. The average molecular weight is 182 g/mol. The summed E-state index contributed by atoms with van der Waals surface area (Å²) in [5.41, 5.74) is 0.907. The van der Waals surface area contributed by atoms with Gasteiger partial charge in [0.2, 0.25) is 5.91 Å². The van der Waals surface area contributed by atoms with Crippen molar-refractivity contribution in [1.29, 1.82) is 0 Å². The fourth-order valence-corrected chi connectivity index (χ4v) is 0.978. The molecule has 1 aromatic rings. The molecule has 0 aliphatic carbocycles. The van der Waals surface area contributed by atoms with E-state index in [0.717, 1.165) is 12.1 Å². The molecule has 0 aliphatic rings. The zero-order chi connectivity index (χ0) is 9.68. The maximum atomic E-state index is 11.1. The Morgan fingerprint density at radius 3 is 2.92 bits per heavy atom. The van der Waals surface area contributed by atoms with Gasteiger partial charge in [-0.25, -0.2) is 4.68 Å². The Balaban J connectivity index is 2.49. The third-order valence-electron chi connectivity index (χ3n) is 1.63. The molecule has 0 bridgehead atoms. The van der Waals surface area contributed by atoms with Crippen LogP contribution in [0.4, 0.5) is 0 Å². The molecule has 1 rings (SSSR count). The standard InChI is InChI=1S/C8H14N4O/c1-3-7-5-12(11-10-7)6-8(13)9-4-2/h5H,3-4,6H2,1-2H3,(H,9,13). The summed E-state index contributed by atoms with van der Waals surface area (Å²) in [5.74, 6) is -0.0324. The molecule has 0 fully saturated rings. The monoisotopic (exact) mass is 182 g/mol. The number of rotatable bonds is 4. The van der Waals surface area contributed by atoms with Crippen molar-refractivity contribution in [3.8, 4) is 0 Å². The summed E-state index contributed by atoms with van der Waals surface area (Å²) in [7, 11) is 0. The van der Waals surface area contributed by atoms with E-state index in [4.69, 9.17) is 0 Å². The predicted octanol–water partition coefficient (Wildman–Crippen LogP) is -0.0234. The van der Waals surface area contributed by atoms with Crippen LogP contribution in [0, 0.1) is 0 Å². The number of carbonyl (C=O) groups is 1. The van der Waals surface area contributed by atoms with E-state index in [0.29, 0.717) is 6.54 Å². The lowest BCUT2D eigenvalue weighted by molar-refractivity contribution is -0.121. The van der Waals surface area contributed by atoms with Crippen LogP contribution in [0.5, 0.6) is 0 Å². The third kappa shape index (κ3) is 2.85. The molecule has 13 heavy (non-hydrogen) atoms. The van der Waals surface area contributed by atoms with Gasteiger partial charge in [0.1, 0.15) is 6.54 Å². The molecule has 1 N–H and O–H groups in total. The van der Waals surface area contributed by atoms with Gasteiger partial charge in [-0.05, 0) is 13.3 Å². The minimum absolute atomic E-state index is 0.0324. The van der Waals surface area contributed by atoms with E-state index in [-0.39, 0.29) is 12.5 Å². The van der Waals surface area contributed by atoms with Crippen molar-refractivity contribution in [2.24, 2.45) is 0 Å². The fraction of sp³-hybridized carbons (Fsp3) is 0.625. The first-order valence-electron chi connectivity index (χ1n) is 4.42. The molecule has 0 spiro atoms. The highest BCUT2D eigenvalue weighted by Gasteiger charge is 2.02. The SMILES string of the molecule is CCNC(=O)Cn1cc(CC)nn1. The van der Waals surface area contributed by atoms with E-state index < -0.39 is 0 Å². The number of hydrogen-bond donors (Lipinski definition) is 1. The lowest BCUT2D eigenvalue weighted by atomic mass is 10.4. The molecule has 1 aromatic heterocycles. The Bertz CT molecular complexity index is 281. The van der Waals surface area contributed by atoms with Crippen LogP contribution < -0.4 is 5.32 Å². The Kier molecular flexibility index (Phi) is 3.42. The summed E-state index contributed by atoms with van der Waals surface area (Å²) in [5, 5.41) is 10.4. The molecule has 0 radical (unpaired) electrons. The Hall–Kier alpha value is -1.39. The average Bonchev–Trinajstić information content (AvgIpc) is 2.52. The normalized spacial score (nSPS) is 10.0. The van der Waals surface area contributed by atoms with Gasteiger partial charge in [0.05, 0.1) is 5.69 Å². The topological polar surface area (TPSA) is 59.8 Å². The van der Waals surface area contributed by atoms with Crippen LogP contribution in [-0.4, -0.2) is 27.4 Å². The lowest BCUT2D eigenvalue weighted by Crippen LogP contribution is -2.27. The second-order valence-corrected chi connectivity index (χ2v) is 2.71. The number of hydrogen-bond acceptors (Lipinski definition) is 3. The summed E-state index contributed by atoms with van der Waals surface area (Å²) in [6.07, 6.45) is 2.63. The van der Waals surface area contributed by atoms with E-state index in [1.54, 1.807) is 10.9 Å². The van der Waals surface area contributed by atoms with Gasteiger partial charge in [0, 0.05) is 12.7 Å². The molecular weight excluding hydrogens is 168 g/mol. The van der Waals surface area contributed by atoms with E-state index >= 15 is 0 Å². The van der Waals surface area contributed by atoms with Crippen LogP contribution in [-0.2, 0) is 17.8 Å². The number of aryl methyl sites for hydroxylation is 1. The van der Waals surface area contributed by atoms with Gasteiger partial charge in [0.25, 0.3) is 0 Å². The Labute approximate surface area is 77.1 Å². The van der Waals surface area contributed by atoms with Crippen molar-refractivity contribution < 1.29 is 4.79 Å². The number of nitrogens with one attached hydrogen (secondary N) is 1. The first-order valence-corrected chi connectivity index (χ1v) is 4.42. The largest absolute Gasteiger partial charge is 0.355 e. The number of carbonyl (C=O) groups excluding carboxylic acids is 1. The van der Waals surface area contributed by atoms with Crippen molar-refractivity contribution in [3.05, 3.63) is 11.9 Å². The van der Waals surface area contributed by atoms with Gasteiger partial charge in [-0.2, -0.15) is 0 Å². The fourth-order valence-electron chi connectivity index (χ4n) is 0.978. The zero-order valence-electron chi connectivity index (χ0n) is 7.95. The molecule has 0 aliphatic heterocycles. The van der Waals surface area contributed by atoms with E-state index in [9.17, 15) is 4.79 Å². The second-order valence-electron chi connectivity index (χ2n) is 2.71. The number of nitrogens with zero attached hydrogens (tertiary/aromatic N) is 3. The van der Waals surface area contributed by atoms with Crippen LogP contribution in [0.15, 0.2) is 6.20 Å². The van der Waals surface area contributed by atoms with Crippen molar-refractivity contribution in [2.75, 3.05) is 6.54 Å². The van der Waals surface area contributed by atoms with Gasteiger partial charge in [-0.1, -0.05) is 12.1 Å². The lowest BCUT2D eigenvalue weighted by Gasteiger charge is -1.99. The molecule has 0 unspecified atom stereocenters. The zero-order valence-corrected chi connectivity index (χ0v) is 7.95. The van der Waals surface area contributed by atoms with Crippen molar-refractivity contribution in [3.63, 3.8) is 0 Å². The minimum atomic E-state index is -0.0324. The van der Waals surface area contributed by atoms with E-state index in [1.807, 2.05) is 13.8 Å². The first-order chi connectivity index (χ1) is 6.26. The quantitative estimate of drug-likeness (QED) is 0.711. The molecular formula is C8H14N4O. The van der Waals surface area contributed by atoms with Crippen LogP contribution in [0.1, 0.15) is 19.5 Å². The molecule has 5 heteroatoms. The molecule has 1 amide bonds. The summed E-state index contributed by atoms with van der Waals surface area (Å²) >= 11 is 0. The van der Waals surface area contributed by atoms with Crippen molar-refractivity contribution in [1.82, 2.24) is 20.3 Å².